The van der Waals surface area contributed by atoms with Crippen LogP contribution in [-0.2, 0) is 0 Å². The fraction of sp³-hybridized carbons (Fsp3) is 1.00. The molecule has 1 heterocycles. The van der Waals surface area contributed by atoms with Gasteiger partial charge in [0.1, 0.15) is 6.04 Å². The highest BCUT2D eigenvalue weighted by atomic mass is 19.4. The molecule has 1 saturated heterocycles. The number of nitrogens with zero attached hydrogens (tertiary/aromatic N) is 1. The summed E-state index contributed by atoms with van der Waals surface area (Å²) in [6, 6.07) is -1.21. The van der Waals surface area contributed by atoms with E-state index in [1.165, 1.54) is 0 Å². The van der Waals surface area contributed by atoms with Crippen LogP contribution >= 0.6 is 0 Å². The van der Waals surface area contributed by atoms with E-state index in [1.54, 1.807) is 4.90 Å². The van der Waals surface area contributed by atoms with Crippen molar-refractivity contribution >= 4 is 0 Å². The minimum absolute atomic E-state index is 0.0617. The summed E-state index contributed by atoms with van der Waals surface area (Å²) >= 11 is 0. The molecular weight excluding hydrogens is 191 g/mol. The molecule has 0 aliphatic carbocycles. The van der Waals surface area contributed by atoms with Gasteiger partial charge in [-0.2, -0.15) is 13.2 Å². The summed E-state index contributed by atoms with van der Waals surface area (Å²) in [7, 11) is 0. The molecule has 1 rings (SSSR count). The van der Waals surface area contributed by atoms with Crippen LogP contribution in [0.25, 0.3) is 0 Å². The predicted octanol–water partition coefficient (Wildman–Crippen LogP) is 3.06. The largest absolute Gasteiger partial charge is 0.404 e. The quantitative estimate of drug-likeness (QED) is 0.641. The lowest BCUT2D eigenvalue weighted by Gasteiger charge is -2.32. The first-order valence-corrected chi connectivity index (χ1v) is 5.01. The normalized spacial score (nSPS) is 25.7. The fourth-order valence-corrected chi connectivity index (χ4v) is 2.00. The standard InChI is InChI=1S/C10H18F3N/c1-9(2,3)7-14-6-4-5-8(14)10(11,12)13/h8H,4-7H2,1-3H3/t8-/m1/s1. The average molecular weight is 209 g/mol. The summed E-state index contributed by atoms with van der Waals surface area (Å²) in [5, 5.41) is 0. The summed E-state index contributed by atoms with van der Waals surface area (Å²) in [5.41, 5.74) is -0.0617. The Balaban J connectivity index is 2.61. The SMILES string of the molecule is CC(C)(C)CN1CCC[C@@H]1C(F)(F)F. The van der Waals surface area contributed by atoms with E-state index in [4.69, 9.17) is 0 Å². The van der Waals surface area contributed by atoms with Crippen LogP contribution in [0.2, 0.25) is 0 Å². The lowest BCUT2D eigenvalue weighted by molar-refractivity contribution is -0.178. The molecule has 0 saturated carbocycles. The van der Waals surface area contributed by atoms with Crippen LogP contribution in [0.1, 0.15) is 33.6 Å². The van der Waals surface area contributed by atoms with Crippen LogP contribution in [0.3, 0.4) is 0 Å². The molecule has 1 atom stereocenters. The maximum atomic E-state index is 12.5. The van der Waals surface area contributed by atoms with Crippen molar-refractivity contribution in [3.05, 3.63) is 0 Å². The number of hydrogen-bond acceptors (Lipinski definition) is 1. The van der Waals surface area contributed by atoms with Gasteiger partial charge in [-0.3, -0.25) is 4.90 Å². The molecule has 84 valence electrons. The second-order valence-corrected chi connectivity index (χ2v) is 5.23. The molecule has 0 spiro atoms. The molecular formula is C10H18F3N. The molecule has 0 aromatic carbocycles. The summed E-state index contributed by atoms with van der Waals surface area (Å²) in [6.45, 7) is 7.02. The van der Waals surface area contributed by atoms with Crippen molar-refractivity contribution in [3.8, 4) is 0 Å². The van der Waals surface area contributed by atoms with Gasteiger partial charge in [-0.25, -0.2) is 0 Å². The minimum atomic E-state index is -4.05. The fourth-order valence-electron chi connectivity index (χ4n) is 2.00. The highest BCUT2D eigenvalue weighted by molar-refractivity contribution is 4.86. The second-order valence-electron chi connectivity index (χ2n) is 5.23. The molecule has 1 fully saturated rings. The topological polar surface area (TPSA) is 3.24 Å². The Labute approximate surface area is 83.3 Å². The second kappa shape index (κ2) is 3.72. The van der Waals surface area contributed by atoms with Crippen LogP contribution in [0.5, 0.6) is 0 Å². The first-order chi connectivity index (χ1) is 6.20. The van der Waals surface area contributed by atoms with Gasteiger partial charge in [-0.15, -0.1) is 0 Å². The molecule has 4 heteroatoms. The van der Waals surface area contributed by atoms with Gasteiger partial charge < -0.3 is 0 Å². The van der Waals surface area contributed by atoms with Crippen LogP contribution in [0.15, 0.2) is 0 Å². The third-order valence-electron chi connectivity index (χ3n) is 2.42. The average Bonchev–Trinajstić information content (AvgIpc) is 2.29. The van der Waals surface area contributed by atoms with Gasteiger partial charge in [0.2, 0.25) is 0 Å². The van der Waals surface area contributed by atoms with Crippen molar-refractivity contribution < 1.29 is 13.2 Å². The molecule has 0 amide bonds. The molecule has 0 bridgehead atoms. The van der Waals surface area contributed by atoms with Crippen LogP contribution in [0, 0.1) is 5.41 Å². The monoisotopic (exact) mass is 209 g/mol. The molecule has 1 nitrogen and oxygen atoms in total. The zero-order chi connectivity index (χ0) is 11.0. The van der Waals surface area contributed by atoms with E-state index in [2.05, 4.69) is 0 Å². The maximum absolute atomic E-state index is 12.5. The Morgan fingerprint density at radius 3 is 2.21 bits per heavy atom. The maximum Gasteiger partial charge on any atom is 0.404 e. The summed E-state index contributed by atoms with van der Waals surface area (Å²) in [5.74, 6) is 0. The molecule has 0 N–H and O–H groups in total. The van der Waals surface area contributed by atoms with E-state index in [1.807, 2.05) is 20.8 Å². The number of likely N-dealkylation sites (tertiary alicyclic amines) is 1. The third kappa shape index (κ3) is 3.15. The molecule has 1 aliphatic rings. The van der Waals surface area contributed by atoms with Crippen molar-refractivity contribution in [1.29, 1.82) is 0 Å². The van der Waals surface area contributed by atoms with Crippen molar-refractivity contribution in [2.24, 2.45) is 5.41 Å². The van der Waals surface area contributed by atoms with Crippen LogP contribution < -0.4 is 0 Å². The van der Waals surface area contributed by atoms with Gasteiger partial charge in [0.15, 0.2) is 0 Å². The smallest absolute Gasteiger partial charge is 0.292 e. The summed E-state index contributed by atoms with van der Waals surface area (Å²) < 4.78 is 37.6. The number of halogens is 3. The zero-order valence-electron chi connectivity index (χ0n) is 8.99. The molecule has 0 unspecified atom stereocenters. The molecule has 0 aromatic rings. The van der Waals surface area contributed by atoms with Crippen molar-refractivity contribution in [1.82, 2.24) is 4.90 Å². The number of rotatable bonds is 1. The van der Waals surface area contributed by atoms with Gasteiger partial charge in [0, 0.05) is 6.54 Å². The first kappa shape index (κ1) is 11.8. The summed E-state index contributed by atoms with van der Waals surface area (Å²) in [4.78, 5) is 1.57. The molecule has 14 heavy (non-hydrogen) atoms. The van der Waals surface area contributed by atoms with E-state index in [-0.39, 0.29) is 11.8 Å². The number of alkyl halides is 3. The third-order valence-corrected chi connectivity index (χ3v) is 2.42. The highest BCUT2D eigenvalue weighted by Crippen LogP contribution is 2.34. The molecule has 0 aromatic heterocycles. The van der Waals surface area contributed by atoms with E-state index < -0.39 is 12.2 Å². The first-order valence-electron chi connectivity index (χ1n) is 5.01. The Kier molecular flexibility index (Phi) is 3.14. The zero-order valence-corrected chi connectivity index (χ0v) is 8.99. The van der Waals surface area contributed by atoms with E-state index >= 15 is 0 Å². The van der Waals surface area contributed by atoms with Gasteiger partial charge >= 0.3 is 6.18 Å². The van der Waals surface area contributed by atoms with E-state index in [0.717, 1.165) is 0 Å². The lowest BCUT2D eigenvalue weighted by atomic mass is 9.95. The minimum Gasteiger partial charge on any atom is -0.292 e. The molecule has 0 radical (unpaired) electrons. The number of hydrogen-bond donors (Lipinski definition) is 0. The van der Waals surface area contributed by atoms with E-state index in [9.17, 15) is 13.2 Å². The van der Waals surface area contributed by atoms with Gasteiger partial charge in [-0.05, 0) is 24.8 Å². The highest BCUT2D eigenvalue weighted by Gasteiger charge is 2.46. The Bertz CT molecular complexity index is 193. The van der Waals surface area contributed by atoms with Gasteiger partial charge in [-0.1, -0.05) is 20.8 Å². The van der Waals surface area contributed by atoms with Gasteiger partial charge in [0.05, 0.1) is 0 Å². The predicted molar refractivity (Wildman–Crippen MR) is 50.1 cm³/mol. The summed E-state index contributed by atoms with van der Waals surface area (Å²) in [6.07, 6.45) is -3.12. The van der Waals surface area contributed by atoms with Crippen molar-refractivity contribution in [2.75, 3.05) is 13.1 Å². The Morgan fingerprint density at radius 2 is 1.79 bits per heavy atom. The lowest BCUT2D eigenvalue weighted by Crippen LogP contribution is -2.44. The van der Waals surface area contributed by atoms with Crippen molar-refractivity contribution in [2.45, 2.75) is 45.8 Å². The van der Waals surface area contributed by atoms with Crippen LogP contribution in [-0.4, -0.2) is 30.2 Å². The Morgan fingerprint density at radius 1 is 1.21 bits per heavy atom. The van der Waals surface area contributed by atoms with Gasteiger partial charge in [0.25, 0.3) is 0 Å². The molecule has 1 aliphatic heterocycles. The van der Waals surface area contributed by atoms with Crippen LogP contribution in [0.4, 0.5) is 13.2 Å². The van der Waals surface area contributed by atoms with E-state index in [0.29, 0.717) is 19.5 Å². The Hall–Kier alpha value is -0.250. The van der Waals surface area contributed by atoms with Crippen molar-refractivity contribution in [3.63, 3.8) is 0 Å².